The third-order valence-electron chi connectivity index (χ3n) is 2.99. The van der Waals surface area contributed by atoms with Crippen molar-refractivity contribution in [3.63, 3.8) is 0 Å². The van der Waals surface area contributed by atoms with Gasteiger partial charge < -0.3 is 15.5 Å². The van der Waals surface area contributed by atoms with Crippen LogP contribution in [0, 0.1) is 0 Å². The van der Waals surface area contributed by atoms with Crippen LogP contribution in [0.15, 0.2) is 29.2 Å². The summed E-state index contributed by atoms with van der Waals surface area (Å²) in [7, 11) is -1.64. The monoisotopic (exact) mass is 302 g/mol. The minimum absolute atomic E-state index is 0.0415. The van der Waals surface area contributed by atoms with Gasteiger partial charge in [-0.15, -0.1) is 0 Å². The van der Waals surface area contributed by atoms with E-state index in [0.29, 0.717) is 13.1 Å². The molecule has 20 heavy (non-hydrogen) atoms. The molecule has 0 fully saturated rings. The predicted octanol–water partition coefficient (Wildman–Crippen LogP) is -0.211. The molecular formula is C13H22N2O4S. The van der Waals surface area contributed by atoms with Gasteiger partial charge in [0.2, 0.25) is 0 Å². The van der Waals surface area contributed by atoms with Crippen LogP contribution in [0.4, 0.5) is 5.69 Å². The van der Waals surface area contributed by atoms with Gasteiger partial charge in [0.1, 0.15) is 0 Å². The van der Waals surface area contributed by atoms with E-state index in [9.17, 15) is 8.42 Å². The summed E-state index contributed by atoms with van der Waals surface area (Å²) in [5, 5.41) is 20.7. The summed E-state index contributed by atoms with van der Waals surface area (Å²) in [5.74, 6) is -0.0415. The maximum absolute atomic E-state index is 12.2. The molecule has 0 saturated carbocycles. The first-order chi connectivity index (χ1) is 9.53. The Balaban J connectivity index is 2.73. The number of aliphatic hydroxyl groups excluding tert-OH is 2. The highest BCUT2D eigenvalue weighted by molar-refractivity contribution is 7.91. The van der Waals surface area contributed by atoms with Crippen LogP contribution in [0.3, 0.4) is 0 Å². The maximum Gasteiger partial charge on any atom is 0.179 e. The Hall–Kier alpha value is -1.15. The number of anilines is 1. The molecule has 0 saturated heterocycles. The summed E-state index contributed by atoms with van der Waals surface area (Å²) in [4.78, 5) is 2.00. The molecule has 114 valence electrons. The fraction of sp³-hybridized carbons (Fsp3) is 0.538. The number of nitrogens with zero attached hydrogens (tertiary/aromatic N) is 1. The van der Waals surface area contributed by atoms with Gasteiger partial charge >= 0.3 is 0 Å². The second kappa shape index (κ2) is 8.21. The van der Waals surface area contributed by atoms with Gasteiger partial charge in [0, 0.05) is 32.4 Å². The first kappa shape index (κ1) is 16.9. The Kier molecular flexibility index (Phi) is 6.94. The van der Waals surface area contributed by atoms with E-state index < -0.39 is 9.84 Å². The number of rotatable bonds is 9. The van der Waals surface area contributed by atoms with E-state index in [0.717, 1.165) is 5.69 Å². The van der Waals surface area contributed by atoms with Gasteiger partial charge in [0.25, 0.3) is 0 Å². The van der Waals surface area contributed by atoms with Gasteiger partial charge in [-0.2, -0.15) is 0 Å². The molecule has 0 spiro atoms. The van der Waals surface area contributed by atoms with E-state index >= 15 is 0 Å². The van der Waals surface area contributed by atoms with Crippen molar-refractivity contribution >= 4 is 15.5 Å². The Morgan fingerprint density at radius 1 is 1.15 bits per heavy atom. The number of sulfone groups is 1. The molecular weight excluding hydrogens is 280 g/mol. The van der Waals surface area contributed by atoms with Crippen molar-refractivity contribution in [1.82, 2.24) is 4.90 Å². The predicted molar refractivity (Wildman–Crippen MR) is 78.7 cm³/mol. The molecule has 0 heterocycles. The molecule has 0 unspecified atom stereocenters. The highest BCUT2D eigenvalue weighted by Gasteiger charge is 2.16. The van der Waals surface area contributed by atoms with E-state index in [4.69, 9.17) is 10.2 Å². The van der Waals surface area contributed by atoms with Crippen LogP contribution in [-0.2, 0) is 9.84 Å². The standard InChI is InChI=1S/C13H22N2O4S/c1-14-12-3-2-4-13(11-12)20(18,19)10-7-15(5-8-16)6-9-17/h2-4,11,14,16-17H,5-10H2,1H3. The number of benzene rings is 1. The highest BCUT2D eigenvalue weighted by atomic mass is 32.2. The van der Waals surface area contributed by atoms with E-state index in [-0.39, 0.29) is 30.4 Å². The quantitative estimate of drug-likeness (QED) is 0.585. The molecule has 7 heteroatoms. The lowest BCUT2D eigenvalue weighted by molar-refractivity contribution is 0.167. The summed E-state index contributed by atoms with van der Waals surface area (Å²) < 4.78 is 24.5. The largest absolute Gasteiger partial charge is 0.395 e. The lowest BCUT2D eigenvalue weighted by atomic mass is 10.3. The molecule has 0 amide bonds. The first-order valence-corrected chi connectivity index (χ1v) is 8.13. The summed E-state index contributed by atoms with van der Waals surface area (Å²) in [6, 6.07) is 6.65. The van der Waals surface area contributed by atoms with E-state index in [1.54, 1.807) is 36.2 Å². The number of aliphatic hydroxyl groups is 2. The molecule has 6 nitrogen and oxygen atoms in total. The highest BCUT2D eigenvalue weighted by Crippen LogP contribution is 2.16. The average molecular weight is 302 g/mol. The van der Waals surface area contributed by atoms with E-state index in [1.807, 2.05) is 0 Å². The van der Waals surface area contributed by atoms with Crippen LogP contribution in [0.25, 0.3) is 0 Å². The van der Waals surface area contributed by atoms with Crippen molar-refractivity contribution in [2.75, 3.05) is 51.0 Å². The zero-order valence-electron chi connectivity index (χ0n) is 11.6. The fourth-order valence-electron chi connectivity index (χ4n) is 1.83. The van der Waals surface area contributed by atoms with Crippen LogP contribution < -0.4 is 5.32 Å². The molecule has 1 aromatic rings. The van der Waals surface area contributed by atoms with Crippen molar-refractivity contribution in [2.24, 2.45) is 0 Å². The number of hydrogen-bond acceptors (Lipinski definition) is 6. The molecule has 0 radical (unpaired) electrons. The first-order valence-electron chi connectivity index (χ1n) is 6.48. The molecule has 0 aromatic heterocycles. The van der Waals surface area contributed by atoms with E-state index in [2.05, 4.69) is 5.32 Å². The molecule has 1 rings (SSSR count). The maximum atomic E-state index is 12.2. The zero-order valence-corrected chi connectivity index (χ0v) is 12.4. The molecule has 3 N–H and O–H groups in total. The molecule has 0 aliphatic carbocycles. The summed E-state index contributed by atoms with van der Waals surface area (Å²) in [6.45, 7) is 0.872. The lowest BCUT2D eigenvalue weighted by Gasteiger charge is -2.19. The topological polar surface area (TPSA) is 89.9 Å². The minimum Gasteiger partial charge on any atom is -0.395 e. The Bertz CT molecular complexity index is 499. The van der Waals surface area contributed by atoms with Gasteiger partial charge in [-0.25, -0.2) is 8.42 Å². The third kappa shape index (κ3) is 5.09. The molecule has 0 bridgehead atoms. The second-order valence-electron chi connectivity index (χ2n) is 4.39. The minimum atomic E-state index is -3.37. The van der Waals surface area contributed by atoms with Crippen LogP contribution in [0.5, 0.6) is 0 Å². The molecule has 0 aliphatic heterocycles. The Labute approximate surface area is 120 Å². The number of hydrogen-bond donors (Lipinski definition) is 3. The van der Waals surface area contributed by atoms with Crippen LogP contribution in [0.2, 0.25) is 0 Å². The van der Waals surface area contributed by atoms with Crippen LogP contribution in [-0.4, -0.2) is 69.2 Å². The lowest BCUT2D eigenvalue weighted by Crippen LogP contribution is -2.34. The van der Waals surface area contributed by atoms with Gasteiger partial charge in [-0.1, -0.05) is 6.07 Å². The molecule has 1 aromatic carbocycles. The van der Waals surface area contributed by atoms with Gasteiger partial charge in [-0.05, 0) is 18.2 Å². The van der Waals surface area contributed by atoms with Gasteiger partial charge in [0.05, 0.1) is 23.9 Å². The Morgan fingerprint density at radius 3 is 2.35 bits per heavy atom. The SMILES string of the molecule is CNc1cccc(S(=O)(=O)CCN(CCO)CCO)c1. The molecule has 0 atom stereocenters. The summed E-state index contributed by atoms with van der Waals surface area (Å²) >= 11 is 0. The number of nitrogens with one attached hydrogen (secondary N) is 1. The normalized spacial score (nSPS) is 11.8. The van der Waals surface area contributed by atoms with Crippen molar-refractivity contribution < 1.29 is 18.6 Å². The van der Waals surface area contributed by atoms with Gasteiger partial charge in [-0.3, -0.25) is 4.90 Å². The Morgan fingerprint density at radius 2 is 1.80 bits per heavy atom. The van der Waals surface area contributed by atoms with Crippen LogP contribution >= 0.6 is 0 Å². The smallest absolute Gasteiger partial charge is 0.179 e. The van der Waals surface area contributed by atoms with Crippen molar-refractivity contribution in [2.45, 2.75) is 4.90 Å². The molecule has 0 aliphatic rings. The van der Waals surface area contributed by atoms with Crippen molar-refractivity contribution in [3.8, 4) is 0 Å². The second-order valence-corrected chi connectivity index (χ2v) is 6.49. The van der Waals surface area contributed by atoms with Crippen molar-refractivity contribution in [3.05, 3.63) is 24.3 Å². The van der Waals surface area contributed by atoms with Gasteiger partial charge in [0.15, 0.2) is 9.84 Å². The third-order valence-corrected chi connectivity index (χ3v) is 4.68. The van der Waals surface area contributed by atoms with E-state index in [1.165, 1.54) is 0 Å². The van der Waals surface area contributed by atoms with Crippen molar-refractivity contribution in [1.29, 1.82) is 0 Å². The fourth-order valence-corrected chi connectivity index (χ4v) is 3.16. The zero-order chi connectivity index (χ0) is 15.0. The van der Waals surface area contributed by atoms with Crippen LogP contribution in [0.1, 0.15) is 0 Å². The average Bonchev–Trinajstić information content (AvgIpc) is 2.45. The summed E-state index contributed by atoms with van der Waals surface area (Å²) in [6.07, 6.45) is 0. The summed E-state index contributed by atoms with van der Waals surface area (Å²) in [5.41, 5.74) is 0.744.